The summed E-state index contributed by atoms with van der Waals surface area (Å²) >= 11 is 0. The lowest BCUT2D eigenvalue weighted by molar-refractivity contribution is -0.509. The molecule has 1 aliphatic heterocycles. The first-order chi connectivity index (χ1) is 12.7. The van der Waals surface area contributed by atoms with Gasteiger partial charge in [-0.1, -0.05) is 0 Å². The molecular formula is C21H18NO4+. The van der Waals surface area contributed by atoms with Crippen LogP contribution in [0.2, 0.25) is 0 Å². The first-order valence-corrected chi connectivity index (χ1v) is 8.43. The van der Waals surface area contributed by atoms with E-state index in [0.717, 1.165) is 50.1 Å². The van der Waals surface area contributed by atoms with E-state index in [0.29, 0.717) is 0 Å². The molecule has 4 aromatic rings. The summed E-state index contributed by atoms with van der Waals surface area (Å²) in [6.07, 6.45) is 4.16. The minimum atomic E-state index is 0.269. The fourth-order valence-corrected chi connectivity index (χ4v) is 3.83. The number of aryl methyl sites for hydroxylation is 1. The number of nitrogens with zero attached hydrogens (tertiary/aromatic N) is 1. The zero-order valence-corrected chi connectivity index (χ0v) is 14.8. The van der Waals surface area contributed by atoms with Crippen molar-refractivity contribution in [1.82, 2.24) is 0 Å². The minimum Gasteiger partial charge on any atom is -0.493 e. The summed E-state index contributed by atoms with van der Waals surface area (Å²) < 4.78 is 24.3. The molecular weight excluding hydrogens is 330 g/mol. The molecule has 3 heterocycles. The number of aromatic nitrogens is 1. The molecule has 0 fully saturated rings. The van der Waals surface area contributed by atoms with Crippen LogP contribution < -0.4 is 23.3 Å². The summed E-state index contributed by atoms with van der Waals surface area (Å²) in [7, 11) is 3.31. The molecule has 5 heteroatoms. The van der Waals surface area contributed by atoms with Gasteiger partial charge >= 0.3 is 0 Å². The van der Waals surface area contributed by atoms with Crippen LogP contribution in [0.4, 0.5) is 0 Å². The number of hydrogen-bond donors (Lipinski definition) is 0. The lowest BCUT2D eigenvalue weighted by Gasteiger charge is -2.11. The van der Waals surface area contributed by atoms with Crippen LogP contribution in [0.3, 0.4) is 0 Å². The summed E-state index contributed by atoms with van der Waals surface area (Å²) in [6, 6.07) is 10.2. The molecule has 26 heavy (non-hydrogen) atoms. The van der Waals surface area contributed by atoms with E-state index in [4.69, 9.17) is 18.9 Å². The summed E-state index contributed by atoms with van der Waals surface area (Å²) in [4.78, 5) is 0. The molecule has 5 nitrogen and oxygen atoms in total. The highest BCUT2D eigenvalue weighted by Crippen LogP contribution is 2.41. The molecule has 2 aromatic heterocycles. The van der Waals surface area contributed by atoms with Gasteiger partial charge < -0.3 is 18.9 Å². The SMILES string of the molecule is COc1cc2cc[n+]3cc4c5c(ccc4c(C)c3c2cc1OC)OCO5. The number of methoxy groups -OCH3 is 2. The third kappa shape index (κ3) is 1.94. The molecule has 0 saturated carbocycles. The van der Waals surface area contributed by atoms with Gasteiger partial charge in [0.25, 0.3) is 0 Å². The van der Waals surface area contributed by atoms with Crippen molar-refractivity contribution < 1.29 is 23.3 Å². The highest BCUT2D eigenvalue weighted by molar-refractivity contribution is 6.03. The second kappa shape index (κ2) is 5.39. The Labute approximate surface area is 150 Å². The van der Waals surface area contributed by atoms with Crippen molar-refractivity contribution in [3.8, 4) is 23.0 Å². The molecule has 5 rings (SSSR count). The van der Waals surface area contributed by atoms with Gasteiger partial charge in [0.05, 0.1) is 25.0 Å². The van der Waals surface area contributed by atoms with E-state index in [1.54, 1.807) is 14.2 Å². The maximum Gasteiger partial charge on any atom is 0.231 e. The van der Waals surface area contributed by atoms with Gasteiger partial charge in [0.15, 0.2) is 35.4 Å². The van der Waals surface area contributed by atoms with Crippen molar-refractivity contribution in [1.29, 1.82) is 0 Å². The first kappa shape index (κ1) is 15.1. The molecule has 0 spiro atoms. The van der Waals surface area contributed by atoms with Gasteiger partial charge in [-0.05, 0) is 36.6 Å². The van der Waals surface area contributed by atoms with Gasteiger partial charge in [0, 0.05) is 17.0 Å². The molecule has 0 radical (unpaired) electrons. The highest BCUT2D eigenvalue weighted by atomic mass is 16.7. The summed E-state index contributed by atoms with van der Waals surface area (Å²) in [5.74, 6) is 3.06. The molecule has 0 N–H and O–H groups in total. The van der Waals surface area contributed by atoms with E-state index < -0.39 is 0 Å². The standard InChI is InChI=1S/C21H18NO4/c1-12-14-4-5-17-21(26-11-25-17)16(14)10-22-7-6-13-8-18(23-2)19(24-3)9-15(13)20(12)22/h4-10H,11H2,1-3H3/q+1. The Bertz CT molecular complexity index is 1200. The second-order valence-electron chi connectivity index (χ2n) is 6.38. The average Bonchev–Trinajstić information content (AvgIpc) is 3.15. The van der Waals surface area contributed by atoms with Crippen LogP contribution in [-0.2, 0) is 0 Å². The predicted octanol–water partition coefficient (Wildman–Crippen LogP) is 3.79. The van der Waals surface area contributed by atoms with Crippen molar-refractivity contribution in [3.63, 3.8) is 0 Å². The molecule has 0 amide bonds. The van der Waals surface area contributed by atoms with Crippen LogP contribution in [0.1, 0.15) is 5.56 Å². The normalized spacial score (nSPS) is 12.9. The Balaban J connectivity index is 1.93. The Morgan fingerprint density at radius 1 is 0.923 bits per heavy atom. The topological polar surface area (TPSA) is 41.0 Å². The van der Waals surface area contributed by atoms with E-state index in [2.05, 4.69) is 35.9 Å². The fraction of sp³-hybridized carbons (Fsp3) is 0.190. The van der Waals surface area contributed by atoms with Gasteiger partial charge in [-0.15, -0.1) is 0 Å². The van der Waals surface area contributed by atoms with Crippen LogP contribution in [0, 0.1) is 6.92 Å². The Morgan fingerprint density at radius 3 is 2.54 bits per heavy atom. The number of fused-ring (bicyclic) bond motifs is 6. The van der Waals surface area contributed by atoms with E-state index in [1.165, 1.54) is 5.56 Å². The third-order valence-corrected chi connectivity index (χ3v) is 5.09. The van der Waals surface area contributed by atoms with Crippen LogP contribution in [-0.4, -0.2) is 21.0 Å². The largest absolute Gasteiger partial charge is 0.493 e. The molecule has 0 aliphatic carbocycles. The van der Waals surface area contributed by atoms with E-state index in [-0.39, 0.29) is 6.79 Å². The zero-order valence-electron chi connectivity index (χ0n) is 14.8. The van der Waals surface area contributed by atoms with Gasteiger partial charge in [-0.2, -0.15) is 4.40 Å². The number of hydrogen-bond acceptors (Lipinski definition) is 4. The average molecular weight is 348 g/mol. The Morgan fingerprint density at radius 2 is 1.73 bits per heavy atom. The van der Waals surface area contributed by atoms with Crippen molar-refractivity contribution in [2.24, 2.45) is 0 Å². The maximum absolute atomic E-state index is 5.70. The van der Waals surface area contributed by atoms with Gasteiger partial charge in [-0.3, -0.25) is 0 Å². The minimum absolute atomic E-state index is 0.269. The number of benzene rings is 2. The molecule has 0 bridgehead atoms. The summed E-state index contributed by atoms with van der Waals surface area (Å²) in [5, 5.41) is 4.42. The van der Waals surface area contributed by atoms with Crippen LogP contribution in [0.5, 0.6) is 23.0 Å². The van der Waals surface area contributed by atoms with Gasteiger partial charge in [0.1, 0.15) is 0 Å². The molecule has 0 atom stereocenters. The number of rotatable bonds is 2. The van der Waals surface area contributed by atoms with Gasteiger partial charge in [-0.25, -0.2) is 0 Å². The molecule has 0 saturated heterocycles. The lowest BCUT2D eigenvalue weighted by Crippen LogP contribution is -2.22. The molecule has 2 aromatic carbocycles. The molecule has 130 valence electrons. The maximum atomic E-state index is 5.70. The Kier molecular flexibility index (Phi) is 3.13. The number of ether oxygens (including phenoxy) is 4. The quantitative estimate of drug-likeness (QED) is 0.314. The summed E-state index contributed by atoms with van der Waals surface area (Å²) in [6.45, 7) is 2.40. The van der Waals surface area contributed by atoms with E-state index >= 15 is 0 Å². The highest BCUT2D eigenvalue weighted by Gasteiger charge is 2.23. The Hall–Kier alpha value is -3.21. The second-order valence-corrected chi connectivity index (χ2v) is 6.38. The van der Waals surface area contributed by atoms with Crippen LogP contribution in [0.25, 0.3) is 27.1 Å². The smallest absolute Gasteiger partial charge is 0.231 e. The van der Waals surface area contributed by atoms with E-state index in [1.807, 2.05) is 18.2 Å². The summed E-state index contributed by atoms with van der Waals surface area (Å²) in [5.41, 5.74) is 2.31. The predicted molar refractivity (Wildman–Crippen MR) is 98.6 cm³/mol. The van der Waals surface area contributed by atoms with Crippen LogP contribution in [0.15, 0.2) is 42.7 Å². The van der Waals surface area contributed by atoms with Gasteiger partial charge in [0.2, 0.25) is 12.3 Å². The van der Waals surface area contributed by atoms with Crippen molar-refractivity contribution in [2.75, 3.05) is 21.0 Å². The molecule has 1 aliphatic rings. The first-order valence-electron chi connectivity index (χ1n) is 8.43. The van der Waals surface area contributed by atoms with Crippen molar-refractivity contribution in [3.05, 3.63) is 48.3 Å². The fourth-order valence-electron chi connectivity index (χ4n) is 3.83. The molecule has 0 unspecified atom stereocenters. The lowest BCUT2D eigenvalue weighted by atomic mass is 10.0. The number of pyridine rings is 2. The van der Waals surface area contributed by atoms with E-state index in [9.17, 15) is 0 Å². The zero-order chi connectivity index (χ0) is 17.8. The van der Waals surface area contributed by atoms with Crippen molar-refractivity contribution >= 4 is 27.1 Å². The van der Waals surface area contributed by atoms with Crippen molar-refractivity contribution in [2.45, 2.75) is 6.92 Å². The van der Waals surface area contributed by atoms with Crippen LogP contribution >= 0.6 is 0 Å². The third-order valence-electron chi connectivity index (χ3n) is 5.09. The monoisotopic (exact) mass is 348 g/mol.